The summed E-state index contributed by atoms with van der Waals surface area (Å²) in [6, 6.07) is 7.80. The molecule has 0 saturated heterocycles. The van der Waals surface area contributed by atoms with E-state index in [1.807, 2.05) is 24.3 Å². The molecule has 1 heterocycles. The van der Waals surface area contributed by atoms with Crippen molar-refractivity contribution >= 4 is 49.5 Å². The van der Waals surface area contributed by atoms with Crippen molar-refractivity contribution in [3.63, 3.8) is 0 Å². The van der Waals surface area contributed by atoms with Gasteiger partial charge in [0.25, 0.3) is 0 Å². The number of hydrogen-bond donors (Lipinski definition) is 0. The summed E-state index contributed by atoms with van der Waals surface area (Å²) in [5, 5.41) is 0.968. The fourth-order valence-electron chi connectivity index (χ4n) is 1.28. The summed E-state index contributed by atoms with van der Waals surface area (Å²) in [5.74, 6) is 0. The zero-order chi connectivity index (χ0) is 11.5. The molecule has 0 fully saturated rings. The van der Waals surface area contributed by atoms with Crippen molar-refractivity contribution in [3.05, 3.63) is 39.8 Å². The molecule has 0 spiro atoms. The Morgan fingerprint density at radius 1 is 1.31 bits per heavy atom. The van der Waals surface area contributed by atoms with Crippen molar-refractivity contribution < 1.29 is 4.79 Å². The SMILES string of the molecule is O=CC(Br)c1ccc(-c2ncc(Br)s2)cc1. The van der Waals surface area contributed by atoms with E-state index < -0.39 is 0 Å². The van der Waals surface area contributed by atoms with Gasteiger partial charge in [-0.3, -0.25) is 0 Å². The van der Waals surface area contributed by atoms with Gasteiger partial charge in [-0.25, -0.2) is 4.98 Å². The summed E-state index contributed by atoms with van der Waals surface area (Å²) in [6.07, 6.45) is 2.65. The molecule has 5 heteroatoms. The van der Waals surface area contributed by atoms with Crippen molar-refractivity contribution in [1.82, 2.24) is 4.98 Å². The van der Waals surface area contributed by atoms with Gasteiger partial charge in [-0.2, -0.15) is 0 Å². The normalized spacial score (nSPS) is 12.4. The molecule has 0 radical (unpaired) electrons. The minimum absolute atomic E-state index is 0.232. The molecule has 0 N–H and O–H groups in total. The Morgan fingerprint density at radius 3 is 2.50 bits per heavy atom. The number of benzene rings is 1. The number of carbonyl (C=O) groups excluding carboxylic acids is 1. The van der Waals surface area contributed by atoms with Crippen LogP contribution >= 0.6 is 43.2 Å². The van der Waals surface area contributed by atoms with E-state index in [9.17, 15) is 4.79 Å². The van der Waals surface area contributed by atoms with Crippen molar-refractivity contribution in [2.75, 3.05) is 0 Å². The first-order valence-electron chi connectivity index (χ1n) is 4.52. The molecule has 0 aliphatic carbocycles. The van der Waals surface area contributed by atoms with Crippen LogP contribution in [0.1, 0.15) is 10.4 Å². The molecule has 0 aliphatic heterocycles. The molecule has 0 aliphatic rings. The van der Waals surface area contributed by atoms with Crippen molar-refractivity contribution in [1.29, 1.82) is 0 Å². The minimum Gasteiger partial charge on any atom is -0.302 e. The minimum atomic E-state index is -0.232. The highest BCUT2D eigenvalue weighted by molar-refractivity contribution is 9.11. The number of halogens is 2. The quantitative estimate of drug-likeness (QED) is 0.606. The zero-order valence-electron chi connectivity index (χ0n) is 8.06. The van der Waals surface area contributed by atoms with Gasteiger partial charge in [0.2, 0.25) is 0 Å². The molecule has 2 aromatic rings. The van der Waals surface area contributed by atoms with Crippen molar-refractivity contribution in [2.45, 2.75) is 4.83 Å². The number of aldehydes is 1. The number of carbonyl (C=O) groups is 1. The predicted molar refractivity (Wildman–Crippen MR) is 73.0 cm³/mol. The molecule has 16 heavy (non-hydrogen) atoms. The first kappa shape index (κ1) is 12.0. The van der Waals surface area contributed by atoms with Gasteiger partial charge in [0, 0.05) is 5.56 Å². The smallest absolute Gasteiger partial charge is 0.138 e. The van der Waals surface area contributed by atoms with Crippen LogP contribution in [0.2, 0.25) is 0 Å². The van der Waals surface area contributed by atoms with E-state index in [-0.39, 0.29) is 4.83 Å². The first-order valence-corrected chi connectivity index (χ1v) is 7.04. The van der Waals surface area contributed by atoms with Gasteiger partial charge in [0.1, 0.15) is 11.3 Å². The van der Waals surface area contributed by atoms with E-state index in [1.54, 1.807) is 17.5 Å². The molecule has 2 nitrogen and oxygen atoms in total. The Hall–Kier alpha value is -0.520. The van der Waals surface area contributed by atoms with Crippen LogP contribution in [0.4, 0.5) is 0 Å². The molecule has 1 aromatic carbocycles. The number of rotatable bonds is 3. The highest BCUT2D eigenvalue weighted by atomic mass is 79.9. The summed E-state index contributed by atoms with van der Waals surface area (Å²) in [4.78, 5) is 14.6. The summed E-state index contributed by atoms with van der Waals surface area (Å²) in [5.41, 5.74) is 2.01. The Bertz CT molecular complexity index is 495. The van der Waals surface area contributed by atoms with Crippen LogP contribution in [0, 0.1) is 0 Å². The van der Waals surface area contributed by atoms with Gasteiger partial charge >= 0.3 is 0 Å². The molecule has 82 valence electrons. The van der Waals surface area contributed by atoms with Crippen LogP contribution in [-0.2, 0) is 4.79 Å². The summed E-state index contributed by atoms with van der Waals surface area (Å²) >= 11 is 8.25. The molecule has 0 bridgehead atoms. The molecule has 2 rings (SSSR count). The average Bonchev–Trinajstić information content (AvgIpc) is 2.75. The fourth-order valence-corrected chi connectivity index (χ4v) is 2.79. The molecule has 0 amide bonds. The van der Waals surface area contributed by atoms with Crippen LogP contribution in [-0.4, -0.2) is 11.3 Å². The van der Waals surface area contributed by atoms with E-state index in [4.69, 9.17) is 0 Å². The highest BCUT2D eigenvalue weighted by Crippen LogP contribution is 2.29. The average molecular weight is 361 g/mol. The summed E-state index contributed by atoms with van der Waals surface area (Å²) in [6.45, 7) is 0. The maximum atomic E-state index is 10.6. The number of aromatic nitrogens is 1. The Balaban J connectivity index is 2.29. The van der Waals surface area contributed by atoms with Crippen LogP contribution in [0.3, 0.4) is 0 Å². The molecular weight excluding hydrogens is 354 g/mol. The van der Waals surface area contributed by atoms with Gasteiger partial charge in [0.05, 0.1) is 14.8 Å². The monoisotopic (exact) mass is 359 g/mol. The maximum absolute atomic E-state index is 10.6. The molecule has 0 saturated carbocycles. The van der Waals surface area contributed by atoms with E-state index in [2.05, 4.69) is 36.8 Å². The second kappa shape index (κ2) is 5.21. The van der Waals surface area contributed by atoms with E-state index in [0.29, 0.717) is 0 Å². The fraction of sp³-hybridized carbons (Fsp3) is 0.0909. The van der Waals surface area contributed by atoms with Crippen LogP contribution in [0.5, 0.6) is 0 Å². The number of nitrogens with zero attached hydrogens (tertiary/aromatic N) is 1. The topological polar surface area (TPSA) is 30.0 Å². The number of thiazole rings is 1. The zero-order valence-corrected chi connectivity index (χ0v) is 12.0. The lowest BCUT2D eigenvalue weighted by molar-refractivity contribution is -0.107. The third-order valence-electron chi connectivity index (χ3n) is 2.07. The maximum Gasteiger partial charge on any atom is 0.138 e. The van der Waals surface area contributed by atoms with Crippen LogP contribution < -0.4 is 0 Å². The lowest BCUT2D eigenvalue weighted by Crippen LogP contribution is -1.89. The van der Waals surface area contributed by atoms with Gasteiger partial charge < -0.3 is 4.79 Å². The van der Waals surface area contributed by atoms with E-state index in [0.717, 1.165) is 26.2 Å². The Morgan fingerprint density at radius 2 is 2.00 bits per heavy atom. The molecular formula is C11H7Br2NOS. The van der Waals surface area contributed by atoms with Gasteiger partial charge in [-0.1, -0.05) is 40.2 Å². The number of alkyl halides is 1. The molecule has 1 unspecified atom stereocenters. The number of hydrogen-bond acceptors (Lipinski definition) is 3. The molecule has 1 aromatic heterocycles. The summed E-state index contributed by atoms with van der Waals surface area (Å²) in [7, 11) is 0. The molecule has 1 atom stereocenters. The third-order valence-corrected chi connectivity index (χ3v) is 4.34. The third kappa shape index (κ3) is 2.59. The predicted octanol–water partition coefficient (Wildman–Crippen LogP) is 4.21. The lowest BCUT2D eigenvalue weighted by Gasteiger charge is -2.02. The van der Waals surface area contributed by atoms with Crippen LogP contribution in [0.25, 0.3) is 10.6 Å². The first-order chi connectivity index (χ1) is 7.70. The Kier molecular flexibility index (Phi) is 3.89. The largest absolute Gasteiger partial charge is 0.302 e. The summed E-state index contributed by atoms with van der Waals surface area (Å²) < 4.78 is 1.01. The van der Waals surface area contributed by atoms with Crippen molar-refractivity contribution in [3.8, 4) is 10.6 Å². The van der Waals surface area contributed by atoms with E-state index >= 15 is 0 Å². The van der Waals surface area contributed by atoms with Gasteiger partial charge in [-0.15, -0.1) is 11.3 Å². The Labute approximate surface area is 114 Å². The van der Waals surface area contributed by atoms with Gasteiger partial charge in [-0.05, 0) is 21.5 Å². The van der Waals surface area contributed by atoms with E-state index in [1.165, 1.54) is 0 Å². The van der Waals surface area contributed by atoms with Crippen molar-refractivity contribution in [2.24, 2.45) is 0 Å². The highest BCUT2D eigenvalue weighted by Gasteiger charge is 2.07. The second-order valence-electron chi connectivity index (χ2n) is 3.13. The lowest BCUT2D eigenvalue weighted by atomic mass is 10.1. The second-order valence-corrected chi connectivity index (χ2v) is 6.53. The van der Waals surface area contributed by atoms with Crippen LogP contribution in [0.15, 0.2) is 34.2 Å². The van der Waals surface area contributed by atoms with Gasteiger partial charge in [0.15, 0.2) is 0 Å². The standard InChI is InChI=1S/C11H7Br2NOS/c12-9(6-15)7-1-3-8(4-2-7)11-14-5-10(13)16-11/h1-6,9H.